The van der Waals surface area contributed by atoms with Crippen LogP contribution in [0.2, 0.25) is 0 Å². The molecule has 31 heavy (non-hydrogen) atoms. The van der Waals surface area contributed by atoms with Crippen LogP contribution in [-0.4, -0.2) is 52.6 Å². The van der Waals surface area contributed by atoms with E-state index in [1.54, 1.807) is 36.7 Å². The second-order valence-electron chi connectivity index (χ2n) is 6.40. The number of amides is 3. The highest BCUT2D eigenvalue weighted by Gasteiger charge is 2.34. The van der Waals surface area contributed by atoms with Crippen molar-refractivity contribution in [3.63, 3.8) is 0 Å². The fraction of sp³-hybridized carbons (Fsp3) is 0.190. The first-order valence-electron chi connectivity index (χ1n) is 9.25. The Hall–Kier alpha value is -3.53. The molecule has 1 saturated heterocycles. The number of imide groups is 1. The summed E-state index contributed by atoms with van der Waals surface area (Å²) >= 11 is 0.810. The first-order valence-corrected chi connectivity index (χ1v) is 10.1. The lowest BCUT2D eigenvalue weighted by molar-refractivity contribution is -0.147. The van der Waals surface area contributed by atoms with E-state index in [4.69, 9.17) is 4.74 Å². The molecule has 2 aromatic rings. The van der Waals surface area contributed by atoms with E-state index < -0.39 is 35.4 Å². The quantitative estimate of drug-likeness (QED) is 0.492. The zero-order chi connectivity index (χ0) is 22.2. The van der Waals surface area contributed by atoms with Crippen LogP contribution >= 0.6 is 11.8 Å². The molecular weight excluding hydrogens is 425 g/mol. The van der Waals surface area contributed by atoms with Crippen molar-refractivity contribution in [3.8, 4) is 0 Å². The van der Waals surface area contributed by atoms with Gasteiger partial charge in [-0.05, 0) is 41.1 Å². The third kappa shape index (κ3) is 6.22. The Morgan fingerprint density at radius 1 is 1.19 bits per heavy atom. The van der Waals surface area contributed by atoms with Crippen LogP contribution in [0.3, 0.4) is 0 Å². The molecule has 8 nitrogen and oxygen atoms in total. The van der Waals surface area contributed by atoms with Crippen molar-refractivity contribution in [2.24, 2.45) is 0 Å². The smallest absolute Gasteiger partial charge is 0.310 e. The van der Waals surface area contributed by atoms with Gasteiger partial charge < -0.3 is 10.1 Å². The number of nitrogens with zero attached hydrogens (tertiary/aromatic N) is 2. The minimum atomic E-state index is -0.744. The SMILES string of the molecule is O=C(COC(=O)Cc1ccccc1F)NCCN1C(=O)S/C(=C\c2cccnc2)C1=O. The third-order valence-electron chi connectivity index (χ3n) is 4.17. The van der Waals surface area contributed by atoms with Crippen molar-refractivity contribution in [1.29, 1.82) is 0 Å². The molecule has 1 aromatic heterocycles. The molecule has 10 heteroatoms. The third-order valence-corrected chi connectivity index (χ3v) is 5.08. The van der Waals surface area contributed by atoms with Crippen LogP contribution in [0.15, 0.2) is 53.7 Å². The number of ether oxygens (including phenoxy) is 1. The van der Waals surface area contributed by atoms with Crippen molar-refractivity contribution in [1.82, 2.24) is 15.2 Å². The predicted octanol–water partition coefficient (Wildman–Crippen LogP) is 2.16. The van der Waals surface area contributed by atoms with Crippen LogP contribution in [0.1, 0.15) is 11.1 Å². The normalized spacial score (nSPS) is 14.7. The average molecular weight is 443 g/mol. The number of thioether (sulfide) groups is 1. The summed E-state index contributed by atoms with van der Waals surface area (Å²) in [6.45, 7) is -0.568. The Labute approximate surface area is 181 Å². The summed E-state index contributed by atoms with van der Waals surface area (Å²) in [7, 11) is 0. The van der Waals surface area contributed by atoms with Crippen LogP contribution in [0.5, 0.6) is 0 Å². The monoisotopic (exact) mass is 443 g/mol. The lowest BCUT2D eigenvalue weighted by Crippen LogP contribution is -2.38. The lowest BCUT2D eigenvalue weighted by Gasteiger charge is -2.13. The first kappa shape index (κ1) is 22.2. The van der Waals surface area contributed by atoms with Gasteiger partial charge in [-0.2, -0.15) is 0 Å². The molecule has 1 aromatic carbocycles. The van der Waals surface area contributed by atoms with Crippen LogP contribution in [0, 0.1) is 5.82 Å². The molecular formula is C21H18FN3O5S. The number of carbonyl (C=O) groups excluding carboxylic acids is 4. The van der Waals surface area contributed by atoms with E-state index in [1.165, 1.54) is 18.2 Å². The summed E-state index contributed by atoms with van der Waals surface area (Å²) in [5, 5.41) is 2.03. The molecule has 0 spiro atoms. The summed E-state index contributed by atoms with van der Waals surface area (Å²) in [5.74, 6) is -2.32. The molecule has 0 bridgehead atoms. The predicted molar refractivity (Wildman–Crippen MR) is 111 cm³/mol. The van der Waals surface area contributed by atoms with Crippen molar-refractivity contribution < 1.29 is 28.3 Å². The van der Waals surface area contributed by atoms with Crippen molar-refractivity contribution >= 4 is 40.9 Å². The van der Waals surface area contributed by atoms with Crippen LogP contribution in [-0.2, 0) is 25.5 Å². The second-order valence-corrected chi connectivity index (χ2v) is 7.39. The average Bonchev–Trinajstić information content (AvgIpc) is 3.02. The number of benzene rings is 1. The van der Waals surface area contributed by atoms with E-state index in [2.05, 4.69) is 10.3 Å². The summed E-state index contributed by atoms with van der Waals surface area (Å²) in [6, 6.07) is 9.25. The number of hydrogen-bond donors (Lipinski definition) is 1. The lowest BCUT2D eigenvalue weighted by atomic mass is 10.1. The Balaban J connectivity index is 1.41. The van der Waals surface area contributed by atoms with Crippen LogP contribution < -0.4 is 5.32 Å². The van der Waals surface area contributed by atoms with Crippen molar-refractivity contribution in [2.75, 3.05) is 19.7 Å². The van der Waals surface area contributed by atoms with E-state index in [0.717, 1.165) is 16.7 Å². The Kier molecular flexibility index (Phi) is 7.50. The zero-order valence-corrected chi connectivity index (χ0v) is 17.1. The molecule has 0 atom stereocenters. The maximum absolute atomic E-state index is 13.5. The Morgan fingerprint density at radius 2 is 2.00 bits per heavy atom. The van der Waals surface area contributed by atoms with Gasteiger partial charge in [0.05, 0.1) is 11.3 Å². The van der Waals surface area contributed by atoms with Crippen LogP contribution in [0.4, 0.5) is 9.18 Å². The fourth-order valence-electron chi connectivity index (χ4n) is 2.66. The number of carbonyl (C=O) groups is 4. The molecule has 1 aliphatic heterocycles. The minimum absolute atomic E-state index is 0.00189. The molecule has 0 radical (unpaired) electrons. The summed E-state index contributed by atoms with van der Waals surface area (Å²) in [5.41, 5.74) is 0.866. The first-order chi connectivity index (χ1) is 14.9. The zero-order valence-electron chi connectivity index (χ0n) is 16.2. The highest BCUT2D eigenvalue weighted by molar-refractivity contribution is 8.18. The van der Waals surface area contributed by atoms with Gasteiger partial charge in [0, 0.05) is 25.5 Å². The van der Waals surface area contributed by atoms with Gasteiger partial charge in [0.1, 0.15) is 5.82 Å². The van der Waals surface area contributed by atoms with Gasteiger partial charge in [0.15, 0.2) is 6.61 Å². The molecule has 3 amide bonds. The number of aromatic nitrogens is 1. The highest BCUT2D eigenvalue weighted by Crippen LogP contribution is 2.31. The maximum atomic E-state index is 13.5. The topological polar surface area (TPSA) is 106 Å². The van der Waals surface area contributed by atoms with E-state index >= 15 is 0 Å². The fourth-order valence-corrected chi connectivity index (χ4v) is 3.52. The number of halogens is 1. The molecule has 160 valence electrons. The van der Waals surface area contributed by atoms with Gasteiger partial charge >= 0.3 is 5.97 Å². The second kappa shape index (κ2) is 10.5. The highest BCUT2D eigenvalue weighted by atomic mass is 32.2. The van der Waals surface area contributed by atoms with E-state index in [9.17, 15) is 23.6 Å². The van der Waals surface area contributed by atoms with Gasteiger partial charge in [-0.15, -0.1) is 0 Å². The molecule has 1 N–H and O–H groups in total. The van der Waals surface area contributed by atoms with Gasteiger partial charge in [0.2, 0.25) is 0 Å². The number of esters is 1. The van der Waals surface area contributed by atoms with Gasteiger partial charge in [0.25, 0.3) is 17.1 Å². The number of nitrogens with one attached hydrogen (secondary N) is 1. The van der Waals surface area contributed by atoms with Gasteiger partial charge in [-0.25, -0.2) is 4.39 Å². The Morgan fingerprint density at radius 3 is 2.74 bits per heavy atom. The van der Waals surface area contributed by atoms with E-state index in [-0.39, 0.29) is 30.0 Å². The minimum Gasteiger partial charge on any atom is -0.455 e. The standard InChI is InChI=1S/C21H18FN3O5S/c22-16-6-2-1-5-15(16)11-19(27)30-13-18(26)24-8-9-25-20(28)17(31-21(25)29)10-14-4-3-7-23-12-14/h1-7,10,12H,8-9,11,13H2,(H,24,26)/b17-10-. The molecule has 1 fully saturated rings. The molecule has 0 saturated carbocycles. The molecule has 2 heterocycles. The number of pyridine rings is 1. The summed E-state index contributed by atoms with van der Waals surface area (Å²) in [4.78, 5) is 53.3. The van der Waals surface area contributed by atoms with Crippen molar-refractivity contribution in [2.45, 2.75) is 6.42 Å². The molecule has 1 aliphatic rings. The van der Waals surface area contributed by atoms with Crippen LogP contribution in [0.25, 0.3) is 6.08 Å². The number of rotatable bonds is 8. The maximum Gasteiger partial charge on any atom is 0.310 e. The number of hydrogen-bond acceptors (Lipinski definition) is 7. The van der Waals surface area contributed by atoms with E-state index in [0.29, 0.717) is 5.56 Å². The van der Waals surface area contributed by atoms with Gasteiger partial charge in [-0.3, -0.25) is 29.1 Å². The molecule has 0 aliphatic carbocycles. The summed E-state index contributed by atoms with van der Waals surface area (Å²) < 4.78 is 18.3. The van der Waals surface area contributed by atoms with Crippen molar-refractivity contribution in [3.05, 3.63) is 70.6 Å². The summed E-state index contributed by atoms with van der Waals surface area (Å²) in [6.07, 6.45) is 4.45. The Bertz CT molecular complexity index is 1030. The van der Waals surface area contributed by atoms with E-state index in [1.807, 2.05) is 0 Å². The molecule has 3 rings (SSSR count). The molecule has 0 unspecified atom stereocenters. The van der Waals surface area contributed by atoms with Gasteiger partial charge in [-0.1, -0.05) is 24.3 Å². The largest absolute Gasteiger partial charge is 0.455 e.